The predicted octanol–water partition coefficient (Wildman–Crippen LogP) is 5.48. The molecule has 0 spiro atoms. The first-order valence-corrected chi connectivity index (χ1v) is 16.6. The van der Waals surface area contributed by atoms with E-state index in [9.17, 15) is 14.4 Å². The number of ether oxygens (including phenoxy) is 2. The van der Waals surface area contributed by atoms with Crippen LogP contribution in [0.25, 0.3) is 0 Å². The molecule has 10 nitrogen and oxygen atoms in total. The number of morpholine rings is 1. The van der Waals surface area contributed by atoms with Crippen LogP contribution in [-0.2, 0) is 26.1 Å². The number of amides is 3. The second-order valence-electron chi connectivity index (χ2n) is 14.9. The van der Waals surface area contributed by atoms with Crippen LogP contribution in [0, 0.1) is 11.8 Å². The molecule has 0 saturated carbocycles. The van der Waals surface area contributed by atoms with Crippen molar-refractivity contribution in [2.75, 3.05) is 45.9 Å². The molecule has 0 unspecified atom stereocenters. The number of aromatic nitrogens is 2. The van der Waals surface area contributed by atoms with Crippen LogP contribution >= 0.6 is 0 Å². The highest BCUT2D eigenvalue weighted by molar-refractivity contribution is 5.95. The molecule has 1 aromatic rings. The van der Waals surface area contributed by atoms with E-state index in [1.54, 1.807) is 11.1 Å². The molecule has 2 atom stereocenters. The van der Waals surface area contributed by atoms with Crippen molar-refractivity contribution in [3.8, 4) is 0 Å². The topological polar surface area (TPSA) is 105 Å². The molecule has 10 heteroatoms. The van der Waals surface area contributed by atoms with E-state index < -0.39 is 17.6 Å². The number of hydrogen-bond acceptors (Lipinski definition) is 7. The Morgan fingerprint density at radius 3 is 2.30 bits per heavy atom. The van der Waals surface area contributed by atoms with Gasteiger partial charge in [0.15, 0.2) is 0 Å². The van der Waals surface area contributed by atoms with Crippen LogP contribution in [0.4, 0.5) is 4.79 Å². The van der Waals surface area contributed by atoms with E-state index in [4.69, 9.17) is 14.5 Å². The van der Waals surface area contributed by atoms with Gasteiger partial charge in [0.2, 0.25) is 5.91 Å². The van der Waals surface area contributed by atoms with Crippen molar-refractivity contribution in [1.82, 2.24) is 24.7 Å². The molecule has 3 heterocycles. The summed E-state index contributed by atoms with van der Waals surface area (Å²) in [5.41, 5.74) is 0.364. The van der Waals surface area contributed by atoms with Gasteiger partial charge < -0.3 is 24.2 Å². The number of carbonyl (C=O) groups is 3. The number of unbranched alkanes of at least 4 members (excludes halogenated alkanes) is 3. The van der Waals surface area contributed by atoms with Gasteiger partial charge >= 0.3 is 6.09 Å². The van der Waals surface area contributed by atoms with Gasteiger partial charge in [0, 0.05) is 44.3 Å². The first-order valence-electron chi connectivity index (χ1n) is 16.6. The highest BCUT2D eigenvalue weighted by Gasteiger charge is 2.41. The SMILES string of the molecule is CCCCCCc1nc(C(C)(C)C)ncc1C(=O)N(CC(C)C)[C@H]1C[C@@H](C(=O)N2CCOCC2)CN(C(=O)OC(C)(C)C)C1. The van der Waals surface area contributed by atoms with Gasteiger partial charge in [0.25, 0.3) is 5.91 Å². The van der Waals surface area contributed by atoms with Gasteiger partial charge in [-0.2, -0.15) is 0 Å². The lowest BCUT2D eigenvalue weighted by molar-refractivity contribution is -0.142. The van der Waals surface area contributed by atoms with Crippen LogP contribution in [0.2, 0.25) is 0 Å². The van der Waals surface area contributed by atoms with Crippen molar-refractivity contribution in [3.05, 3.63) is 23.3 Å². The highest BCUT2D eigenvalue weighted by Crippen LogP contribution is 2.28. The average molecular weight is 616 g/mol. The third-order valence-electron chi connectivity index (χ3n) is 8.05. The minimum absolute atomic E-state index is 0.00187. The lowest BCUT2D eigenvalue weighted by Gasteiger charge is -2.44. The first kappa shape index (κ1) is 35.7. The van der Waals surface area contributed by atoms with Crippen LogP contribution in [0.5, 0.6) is 0 Å². The van der Waals surface area contributed by atoms with Crippen molar-refractivity contribution < 1.29 is 23.9 Å². The molecule has 3 amide bonds. The van der Waals surface area contributed by atoms with E-state index in [-0.39, 0.29) is 35.7 Å². The van der Waals surface area contributed by atoms with E-state index in [1.807, 2.05) is 30.6 Å². The van der Waals surface area contributed by atoms with Gasteiger partial charge in [-0.05, 0) is 46.0 Å². The molecule has 1 aromatic heterocycles. The summed E-state index contributed by atoms with van der Waals surface area (Å²) in [4.78, 5) is 56.6. The molecule has 248 valence electrons. The summed E-state index contributed by atoms with van der Waals surface area (Å²) in [6.45, 7) is 21.2. The van der Waals surface area contributed by atoms with Crippen LogP contribution in [-0.4, -0.2) is 100 Å². The fraction of sp³-hybridized carbons (Fsp3) is 0.794. The molecule has 44 heavy (non-hydrogen) atoms. The zero-order valence-electron chi connectivity index (χ0n) is 28.8. The molecule has 0 N–H and O–H groups in total. The molecular formula is C34H57N5O5. The number of carbonyl (C=O) groups excluding carboxylic acids is 3. The minimum Gasteiger partial charge on any atom is -0.444 e. The summed E-state index contributed by atoms with van der Waals surface area (Å²) in [6, 6.07) is -0.364. The van der Waals surface area contributed by atoms with Gasteiger partial charge in [0.1, 0.15) is 11.4 Å². The van der Waals surface area contributed by atoms with Crippen molar-refractivity contribution in [3.63, 3.8) is 0 Å². The van der Waals surface area contributed by atoms with Crippen LogP contribution in [0.15, 0.2) is 6.20 Å². The van der Waals surface area contributed by atoms with E-state index >= 15 is 0 Å². The number of aryl methyl sites for hydroxylation is 1. The van der Waals surface area contributed by atoms with Crippen molar-refractivity contribution >= 4 is 17.9 Å². The second kappa shape index (κ2) is 15.5. The lowest BCUT2D eigenvalue weighted by Crippen LogP contribution is -2.58. The molecule has 0 bridgehead atoms. The third-order valence-corrected chi connectivity index (χ3v) is 8.05. The van der Waals surface area contributed by atoms with E-state index in [1.165, 1.54) is 0 Å². The Labute approximate surface area is 265 Å². The molecule has 3 rings (SSSR count). The molecule has 2 aliphatic rings. The van der Waals surface area contributed by atoms with Crippen LogP contribution < -0.4 is 0 Å². The monoisotopic (exact) mass is 615 g/mol. The Kier molecular flexibility index (Phi) is 12.6. The Hall–Kier alpha value is -2.75. The normalized spacial score (nSPS) is 19.7. The maximum absolute atomic E-state index is 14.5. The second-order valence-corrected chi connectivity index (χ2v) is 14.9. The summed E-state index contributed by atoms with van der Waals surface area (Å²) in [7, 11) is 0. The van der Waals surface area contributed by atoms with E-state index in [0.717, 1.165) is 37.2 Å². The van der Waals surface area contributed by atoms with Crippen LogP contribution in [0.1, 0.15) is 116 Å². The number of rotatable bonds is 10. The fourth-order valence-electron chi connectivity index (χ4n) is 5.81. The minimum atomic E-state index is -0.681. The Balaban J connectivity index is 1.99. The number of nitrogens with zero attached hydrogens (tertiary/aromatic N) is 5. The van der Waals surface area contributed by atoms with Gasteiger partial charge in [-0.1, -0.05) is 60.8 Å². The quantitative estimate of drug-likeness (QED) is 0.321. The summed E-state index contributed by atoms with van der Waals surface area (Å²) in [6.07, 6.45) is 6.71. The van der Waals surface area contributed by atoms with E-state index in [0.29, 0.717) is 57.8 Å². The van der Waals surface area contributed by atoms with Crippen molar-refractivity contribution in [2.45, 2.75) is 118 Å². The molecule has 2 saturated heterocycles. The molecule has 2 aliphatic heterocycles. The lowest BCUT2D eigenvalue weighted by atomic mass is 9.90. The Morgan fingerprint density at radius 1 is 1.02 bits per heavy atom. The maximum Gasteiger partial charge on any atom is 0.410 e. The average Bonchev–Trinajstić information content (AvgIpc) is 2.96. The predicted molar refractivity (Wildman–Crippen MR) is 172 cm³/mol. The number of piperidine rings is 1. The standard InChI is InChI=1S/C34H57N5O5/c1-10-11-12-13-14-28-27(20-35-31(36-28)33(4,5)6)30(41)39(21-24(2)3)26-19-25(29(40)37-15-17-43-18-16-37)22-38(23-26)32(42)44-34(7,8)9/h20,24-26H,10-19,21-23H2,1-9H3/t25-,26+/m1/s1. The molecule has 0 aliphatic carbocycles. The summed E-state index contributed by atoms with van der Waals surface area (Å²) >= 11 is 0. The zero-order valence-corrected chi connectivity index (χ0v) is 28.8. The fourth-order valence-corrected chi connectivity index (χ4v) is 5.81. The van der Waals surface area contributed by atoms with Crippen molar-refractivity contribution in [1.29, 1.82) is 0 Å². The van der Waals surface area contributed by atoms with E-state index in [2.05, 4.69) is 46.5 Å². The highest BCUT2D eigenvalue weighted by atomic mass is 16.6. The Morgan fingerprint density at radius 2 is 1.70 bits per heavy atom. The van der Waals surface area contributed by atoms with Crippen molar-refractivity contribution in [2.24, 2.45) is 11.8 Å². The maximum atomic E-state index is 14.5. The molecule has 2 fully saturated rings. The van der Waals surface area contributed by atoms with Gasteiger partial charge in [-0.15, -0.1) is 0 Å². The van der Waals surface area contributed by atoms with Gasteiger partial charge in [0.05, 0.1) is 36.4 Å². The number of likely N-dealkylation sites (tertiary alicyclic amines) is 1. The molecular weight excluding hydrogens is 558 g/mol. The van der Waals surface area contributed by atoms with Gasteiger partial charge in [-0.3, -0.25) is 9.59 Å². The molecule has 0 radical (unpaired) electrons. The zero-order chi connectivity index (χ0) is 32.7. The summed E-state index contributed by atoms with van der Waals surface area (Å²) < 4.78 is 11.2. The first-order chi connectivity index (χ1) is 20.6. The summed E-state index contributed by atoms with van der Waals surface area (Å²) in [5.74, 6) is 0.304. The third kappa shape index (κ3) is 10.1. The molecule has 0 aromatic carbocycles. The smallest absolute Gasteiger partial charge is 0.410 e. The summed E-state index contributed by atoms with van der Waals surface area (Å²) in [5, 5.41) is 0. The van der Waals surface area contributed by atoms with Gasteiger partial charge in [-0.25, -0.2) is 14.8 Å². The largest absolute Gasteiger partial charge is 0.444 e. The Bertz CT molecular complexity index is 1120. The van der Waals surface area contributed by atoms with Crippen LogP contribution in [0.3, 0.4) is 0 Å². The number of hydrogen-bond donors (Lipinski definition) is 0.